The van der Waals surface area contributed by atoms with Crippen molar-refractivity contribution in [2.24, 2.45) is 5.92 Å². The summed E-state index contributed by atoms with van der Waals surface area (Å²) in [7, 11) is 0. The quantitative estimate of drug-likeness (QED) is 0.554. The summed E-state index contributed by atoms with van der Waals surface area (Å²) >= 11 is 7.61. The first-order valence-corrected chi connectivity index (χ1v) is 11.4. The molecule has 3 aromatic rings. The first-order valence-electron chi connectivity index (χ1n) is 10.2. The molecular formula is C25H23ClN2O2S. The van der Waals surface area contributed by atoms with E-state index in [-0.39, 0.29) is 11.8 Å². The van der Waals surface area contributed by atoms with Crippen molar-refractivity contribution in [2.75, 3.05) is 4.90 Å². The topological polar surface area (TPSA) is 49.4 Å². The maximum absolute atomic E-state index is 13.5. The second kappa shape index (κ2) is 9.58. The second-order valence-corrected chi connectivity index (χ2v) is 9.17. The minimum Gasteiger partial charge on any atom is -0.352 e. The van der Waals surface area contributed by atoms with E-state index in [1.54, 1.807) is 4.90 Å². The number of carbonyl (C=O) groups is 2. The Hall–Kier alpha value is -2.76. The zero-order valence-corrected chi connectivity index (χ0v) is 18.7. The number of hydrogen-bond donors (Lipinski definition) is 1. The molecule has 1 heterocycles. The molecule has 1 aliphatic rings. The standard InChI is InChI=1S/C25H23ClN2O2S/c1-17(24(29)27-15-18-8-3-2-4-9-18)23-25(30)28(16-19-10-7-11-20(26)14-19)21-12-5-6-13-22(21)31-23/h2-14,17,23H,15-16H2,1H3,(H,27,29). The molecule has 6 heteroatoms. The van der Waals surface area contributed by atoms with Crippen LogP contribution in [0.3, 0.4) is 0 Å². The molecule has 0 radical (unpaired) electrons. The molecule has 0 saturated heterocycles. The monoisotopic (exact) mass is 450 g/mol. The van der Waals surface area contributed by atoms with Gasteiger partial charge in [-0.15, -0.1) is 11.8 Å². The molecule has 4 nitrogen and oxygen atoms in total. The van der Waals surface area contributed by atoms with E-state index in [9.17, 15) is 9.59 Å². The van der Waals surface area contributed by atoms with E-state index >= 15 is 0 Å². The number of nitrogens with zero attached hydrogens (tertiary/aromatic N) is 1. The van der Waals surface area contributed by atoms with Gasteiger partial charge in [-0.2, -0.15) is 0 Å². The van der Waals surface area contributed by atoms with Crippen molar-refractivity contribution in [1.29, 1.82) is 0 Å². The third kappa shape index (κ3) is 4.94. The highest BCUT2D eigenvalue weighted by molar-refractivity contribution is 8.01. The highest BCUT2D eigenvalue weighted by Gasteiger charge is 2.39. The molecule has 1 aliphatic heterocycles. The molecule has 0 fully saturated rings. The third-order valence-corrected chi connectivity index (χ3v) is 7.02. The van der Waals surface area contributed by atoms with Crippen molar-refractivity contribution in [1.82, 2.24) is 5.32 Å². The van der Waals surface area contributed by atoms with Gasteiger partial charge in [0.1, 0.15) is 5.25 Å². The van der Waals surface area contributed by atoms with E-state index in [1.165, 1.54) is 11.8 Å². The largest absolute Gasteiger partial charge is 0.352 e. The van der Waals surface area contributed by atoms with Gasteiger partial charge in [0.05, 0.1) is 18.2 Å². The molecule has 0 spiro atoms. The summed E-state index contributed by atoms with van der Waals surface area (Å²) in [5.41, 5.74) is 2.84. The Kier molecular flexibility index (Phi) is 6.64. The van der Waals surface area contributed by atoms with Gasteiger partial charge in [-0.1, -0.05) is 73.1 Å². The van der Waals surface area contributed by atoms with Gasteiger partial charge in [0, 0.05) is 16.5 Å². The van der Waals surface area contributed by atoms with Crippen LogP contribution in [-0.2, 0) is 22.7 Å². The van der Waals surface area contributed by atoms with E-state index in [0.29, 0.717) is 18.1 Å². The summed E-state index contributed by atoms with van der Waals surface area (Å²) in [5.74, 6) is -0.667. The summed E-state index contributed by atoms with van der Waals surface area (Å²) in [4.78, 5) is 29.1. The van der Waals surface area contributed by atoms with Crippen molar-refractivity contribution in [3.8, 4) is 0 Å². The highest BCUT2D eigenvalue weighted by Crippen LogP contribution is 2.42. The Balaban J connectivity index is 1.54. The summed E-state index contributed by atoms with van der Waals surface area (Å²) in [6, 6.07) is 25.1. The van der Waals surface area contributed by atoms with Crippen LogP contribution in [0.1, 0.15) is 18.1 Å². The Labute approximate surface area is 191 Å². The Bertz CT molecular complexity index is 1090. The predicted octanol–water partition coefficient (Wildman–Crippen LogP) is 5.30. The van der Waals surface area contributed by atoms with Gasteiger partial charge in [-0.25, -0.2) is 0 Å². The number of halogens is 1. The fourth-order valence-electron chi connectivity index (χ4n) is 3.62. The SMILES string of the molecule is CC(C(=O)NCc1ccccc1)C1Sc2ccccc2N(Cc2cccc(Cl)c2)C1=O. The fraction of sp³-hybridized carbons (Fsp3) is 0.200. The number of rotatable bonds is 6. The van der Waals surface area contributed by atoms with Crippen molar-refractivity contribution in [3.63, 3.8) is 0 Å². The summed E-state index contributed by atoms with van der Waals surface area (Å²) in [5, 5.41) is 3.11. The zero-order chi connectivity index (χ0) is 21.8. The number of para-hydroxylation sites is 1. The molecule has 158 valence electrons. The molecule has 2 amide bonds. The number of fused-ring (bicyclic) bond motifs is 1. The summed E-state index contributed by atoms with van der Waals surface area (Å²) < 4.78 is 0. The number of anilines is 1. The lowest BCUT2D eigenvalue weighted by molar-refractivity contribution is -0.128. The van der Waals surface area contributed by atoms with Crippen LogP contribution in [0.2, 0.25) is 5.02 Å². The van der Waals surface area contributed by atoms with E-state index in [4.69, 9.17) is 11.6 Å². The lowest BCUT2D eigenvalue weighted by atomic mass is 10.0. The molecule has 0 saturated carbocycles. The van der Waals surface area contributed by atoms with Crippen molar-refractivity contribution < 1.29 is 9.59 Å². The van der Waals surface area contributed by atoms with Crippen LogP contribution >= 0.6 is 23.4 Å². The Morgan fingerprint density at radius 3 is 2.52 bits per heavy atom. The van der Waals surface area contributed by atoms with Crippen molar-refractivity contribution >= 4 is 40.9 Å². The maximum atomic E-state index is 13.5. The average Bonchev–Trinajstić information content (AvgIpc) is 2.79. The maximum Gasteiger partial charge on any atom is 0.241 e. The number of benzene rings is 3. The molecule has 1 N–H and O–H groups in total. The second-order valence-electron chi connectivity index (χ2n) is 7.55. The molecule has 0 aliphatic carbocycles. The van der Waals surface area contributed by atoms with Gasteiger partial charge in [-0.3, -0.25) is 9.59 Å². The number of amides is 2. The zero-order valence-electron chi connectivity index (χ0n) is 17.1. The normalized spacial score (nSPS) is 16.5. The summed E-state index contributed by atoms with van der Waals surface area (Å²) in [6.07, 6.45) is 0. The minimum absolute atomic E-state index is 0.0639. The summed E-state index contributed by atoms with van der Waals surface area (Å²) in [6.45, 7) is 2.67. The van der Waals surface area contributed by atoms with E-state index in [2.05, 4.69) is 5.32 Å². The Morgan fingerprint density at radius 1 is 1.03 bits per heavy atom. The molecule has 0 bridgehead atoms. The first-order chi connectivity index (χ1) is 15.0. The average molecular weight is 451 g/mol. The van der Waals surface area contributed by atoms with Crippen LogP contribution in [0.25, 0.3) is 0 Å². The van der Waals surface area contributed by atoms with Crippen LogP contribution in [0, 0.1) is 5.92 Å². The lowest BCUT2D eigenvalue weighted by Gasteiger charge is -2.35. The predicted molar refractivity (Wildman–Crippen MR) is 126 cm³/mol. The fourth-order valence-corrected chi connectivity index (χ4v) is 5.12. The molecule has 31 heavy (non-hydrogen) atoms. The van der Waals surface area contributed by atoms with Crippen molar-refractivity contribution in [3.05, 3.63) is 95.0 Å². The first kappa shape index (κ1) is 21.5. The van der Waals surface area contributed by atoms with E-state index in [1.807, 2.05) is 85.8 Å². The number of hydrogen-bond acceptors (Lipinski definition) is 3. The number of nitrogens with one attached hydrogen (secondary N) is 1. The van der Waals surface area contributed by atoms with Gasteiger partial charge < -0.3 is 10.2 Å². The van der Waals surface area contributed by atoms with Crippen LogP contribution in [-0.4, -0.2) is 17.1 Å². The van der Waals surface area contributed by atoms with Crippen molar-refractivity contribution in [2.45, 2.75) is 30.2 Å². The Morgan fingerprint density at radius 2 is 1.74 bits per heavy atom. The number of carbonyl (C=O) groups excluding carboxylic acids is 2. The van der Waals surface area contributed by atoms with Gasteiger partial charge >= 0.3 is 0 Å². The van der Waals surface area contributed by atoms with E-state index in [0.717, 1.165) is 21.7 Å². The molecule has 0 aromatic heterocycles. The third-order valence-electron chi connectivity index (χ3n) is 5.33. The van der Waals surface area contributed by atoms with Crippen LogP contribution in [0.4, 0.5) is 5.69 Å². The minimum atomic E-state index is -0.496. The molecular weight excluding hydrogens is 428 g/mol. The van der Waals surface area contributed by atoms with Gasteiger partial charge in [0.15, 0.2) is 0 Å². The molecule has 3 aromatic carbocycles. The molecule has 4 rings (SSSR count). The highest BCUT2D eigenvalue weighted by atomic mass is 35.5. The van der Waals surface area contributed by atoms with Gasteiger partial charge in [0.25, 0.3) is 0 Å². The lowest BCUT2D eigenvalue weighted by Crippen LogP contribution is -2.47. The van der Waals surface area contributed by atoms with Crippen LogP contribution < -0.4 is 10.2 Å². The van der Waals surface area contributed by atoms with Crippen LogP contribution in [0.15, 0.2) is 83.8 Å². The number of thioether (sulfide) groups is 1. The molecule has 2 atom stereocenters. The van der Waals surface area contributed by atoms with Gasteiger partial charge in [0.2, 0.25) is 11.8 Å². The van der Waals surface area contributed by atoms with Gasteiger partial charge in [-0.05, 0) is 35.4 Å². The van der Waals surface area contributed by atoms with Crippen LogP contribution in [0.5, 0.6) is 0 Å². The smallest absolute Gasteiger partial charge is 0.241 e. The molecule has 2 unspecified atom stereocenters. The van der Waals surface area contributed by atoms with E-state index < -0.39 is 11.2 Å².